The molecule has 198 valence electrons. The molecule has 4 aliphatic carbocycles. The number of hydrogen-bond acceptors (Lipinski definition) is 6. The molecule has 0 amide bonds. The van der Waals surface area contributed by atoms with Crippen molar-refractivity contribution in [3.8, 4) is 0 Å². The summed E-state index contributed by atoms with van der Waals surface area (Å²) in [7, 11) is 0. The van der Waals surface area contributed by atoms with Gasteiger partial charge in [-0.3, -0.25) is 19.3 Å². The van der Waals surface area contributed by atoms with Crippen molar-refractivity contribution in [2.24, 2.45) is 34.0 Å². The fourth-order valence-corrected chi connectivity index (χ4v) is 9.01. The van der Waals surface area contributed by atoms with E-state index in [1.807, 2.05) is 6.92 Å². The SMILES string of the molecule is CC(=O)OCC(=O)[C@@]12CN(C(C)C)C[C@@H]1C[C@H]1[C@@H]3C[C@H](F)C4=CC(=O)C=C[C@]4(C)[C@@]3(F)[C@@H](O)C[C@@]12C. The Morgan fingerprint density at radius 2 is 1.94 bits per heavy atom. The predicted molar refractivity (Wildman–Crippen MR) is 128 cm³/mol. The molecule has 9 atom stereocenters. The number of esters is 1. The van der Waals surface area contributed by atoms with Gasteiger partial charge in [-0.2, -0.15) is 0 Å². The highest BCUT2D eigenvalue weighted by atomic mass is 19.1. The summed E-state index contributed by atoms with van der Waals surface area (Å²) in [5.74, 6) is -2.39. The molecule has 0 aromatic carbocycles. The van der Waals surface area contributed by atoms with Gasteiger partial charge in [0.15, 0.2) is 23.8 Å². The molecule has 1 saturated heterocycles. The lowest BCUT2D eigenvalue weighted by molar-refractivity contribution is -0.212. The van der Waals surface area contributed by atoms with E-state index in [1.54, 1.807) is 6.92 Å². The number of ether oxygens (including phenoxy) is 1. The number of aliphatic hydroxyl groups excluding tert-OH is 1. The third-order valence-electron chi connectivity index (χ3n) is 10.8. The van der Waals surface area contributed by atoms with Gasteiger partial charge in [0, 0.05) is 37.4 Å². The first-order valence-corrected chi connectivity index (χ1v) is 13.1. The average Bonchev–Trinajstić information content (AvgIpc) is 3.30. The van der Waals surface area contributed by atoms with Crippen LogP contribution in [0.3, 0.4) is 0 Å². The van der Waals surface area contributed by atoms with Gasteiger partial charge in [0.25, 0.3) is 0 Å². The number of hydrogen-bond donors (Lipinski definition) is 1. The van der Waals surface area contributed by atoms with E-state index in [2.05, 4.69) is 18.7 Å². The van der Waals surface area contributed by atoms with Crippen LogP contribution in [0, 0.1) is 34.0 Å². The Morgan fingerprint density at radius 3 is 2.58 bits per heavy atom. The van der Waals surface area contributed by atoms with Crippen LogP contribution in [0.15, 0.2) is 23.8 Å². The number of alkyl halides is 2. The molecule has 0 aromatic heterocycles. The highest BCUT2D eigenvalue weighted by molar-refractivity contribution is 6.01. The Kier molecular flexibility index (Phi) is 5.74. The van der Waals surface area contributed by atoms with E-state index in [4.69, 9.17) is 4.74 Å². The van der Waals surface area contributed by atoms with Gasteiger partial charge in [-0.05, 0) is 75.0 Å². The first kappa shape index (κ1) is 25.7. The van der Waals surface area contributed by atoms with Crippen molar-refractivity contribution in [2.45, 2.75) is 77.9 Å². The predicted octanol–water partition coefficient (Wildman–Crippen LogP) is 3.37. The van der Waals surface area contributed by atoms with Gasteiger partial charge < -0.3 is 9.84 Å². The molecular formula is C28H37F2NO5. The number of halogens is 2. The van der Waals surface area contributed by atoms with Gasteiger partial charge in [-0.25, -0.2) is 8.78 Å². The number of Topliss-reactive ketones (excluding diaryl/α,β-unsaturated/α-hetero) is 1. The zero-order valence-electron chi connectivity index (χ0n) is 21.7. The molecule has 6 nitrogen and oxygen atoms in total. The summed E-state index contributed by atoms with van der Waals surface area (Å²) < 4.78 is 38.2. The molecule has 4 fully saturated rings. The summed E-state index contributed by atoms with van der Waals surface area (Å²) in [5, 5.41) is 11.6. The minimum atomic E-state index is -2.17. The topological polar surface area (TPSA) is 83.9 Å². The molecule has 1 N–H and O–H groups in total. The monoisotopic (exact) mass is 505 g/mol. The molecule has 0 unspecified atom stereocenters. The highest BCUT2D eigenvalue weighted by Crippen LogP contribution is 2.74. The minimum absolute atomic E-state index is 0.0422. The van der Waals surface area contributed by atoms with E-state index in [1.165, 1.54) is 25.2 Å². The third-order valence-corrected chi connectivity index (χ3v) is 10.8. The number of carbonyl (C=O) groups excluding carboxylic acids is 3. The second-order valence-corrected chi connectivity index (χ2v) is 12.5. The number of fused-ring (bicyclic) bond motifs is 7. The van der Waals surface area contributed by atoms with E-state index >= 15 is 8.78 Å². The van der Waals surface area contributed by atoms with Crippen molar-refractivity contribution in [1.82, 2.24) is 4.90 Å². The molecule has 1 heterocycles. The van der Waals surface area contributed by atoms with Gasteiger partial charge in [0.2, 0.25) is 0 Å². The largest absolute Gasteiger partial charge is 0.458 e. The molecule has 3 saturated carbocycles. The van der Waals surface area contributed by atoms with E-state index in [0.29, 0.717) is 19.5 Å². The third kappa shape index (κ3) is 3.03. The molecule has 36 heavy (non-hydrogen) atoms. The van der Waals surface area contributed by atoms with Crippen LogP contribution in [0.25, 0.3) is 0 Å². The van der Waals surface area contributed by atoms with Crippen molar-refractivity contribution >= 4 is 17.5 Å². The Hall–Kier alpha value is -1.93. The van der Waals surface area contributed by atoms with Crippen LogP contribution in [-0.4, -0.2) is 71.2 Å². The Labute approximate surface area is 211 Å². The summed E-state index contributed by atoms with van der Waals surface area (Å²) >= 11 is 0. The molecule has 8 heteroatoms. The van der Waals surface area contributed by atoms with E-state index < -0.39 is 46.1 Å². The normalized spacial score (nSPS) is 47.6. The van der Waals surface area contributed by atoms with Crippen molar-refractivity contribution < 1.29 is 33.0 Å². The van der Waals surface area contributed by atoms with Crippen molar-refractivity contribution in [1.29, 1.82) is 0 Å². The van der Waals surface area contributed by atoms with Crippen molar-refractivity contribution in [2.75, 3.05) is 19.7 Å². The molecule has 5 rings (SSSR count). The quantitative estimate of drug-likeness (QED) is 0.590. The molecule has 0 radical (unpaired) electrons. The standard InChI is InChI=1S/C28H37F2NO5/c1-15(2)31-12-17-8-19-20-10-22(29)21-9-18(33)6-7-25(21,4)28(20,30)23(34)11-26(19,5)27(17,14-31)24(35)13-36-16(3)32/h6-7,9,15,17,19-20,22-23,34H,8,10-14H2,1-5H3/t17-,19-,20-,22-,23-,25-,26-,27+,28-/m0/s1. The zero-order valence-corrected chi connectivity index (χ0v) is 21.7. The smallest absolute Gasteiger partial charge is 0.303 e. The Bertz CT molecular complexity index is 1070. The van der Waals surface area contributed by atoms with Gasteiger partial charge in [-0.15, -0.1) is 0 Å². The highest BCUT2D eigenvalue weighted by Gasteiger charge is 2.78. The maximum absolute atomic E-state index is 17.4. The van der Waals surface area contributed by atoms with Crippen LogP contribution >= 0.6 is 0 Å². The molecule has 0 spiro atoms. The summed E-state index contributed by atoms with van der Waals surface area (Å²) in [4.78, 5) is 39.7. The number of allylic oxidation sites excluding steroid dienone is 4. The van der Waals surface area contributed by atoms with Crippen LogP contribution < -0.4 is 0 Å². The van der Waals surface area contributed by atoms with Crippen LogP contribution in [0.5, 0.6) is 0 Å². The maximum Gasteiger partial charge on any atom is 0.303 e. The van der Waals surface area contributed by atoms with Gasteiger partial charge in [0.05, 0.1) is 11.5 Å². The van der Waals surface area contributed by atoms with Gasteiger partial charge in [0.1, 0.15) is 6.17 Å². The molecule has 1 aliphatic heterocycles. The molecule has 0 aromatic rings. The Morgan fingerprint density at radius 1 is 1.25 bits per heavy atom. The van der Waals surface area contributed by atoms with Crippen molar-refractivity contribution in [3.05, 3.63) is 23.8 Å². The fourth-order valence-electron chi connectivity index (χ4n) is 9.01. The zero-order chi connectivity index (χ0) is 26.4. The number of carbonyl (C=O) groups is 3. The van der Waals surface area contributed by atoms with Crippen LogP contribution in [0.2, 0.25) is 0 Å². The summed E-state index contributed by atoms with van der Waals surface area (Å²) in [6.07, 6.45) is 1.39. The molecular weight excluding hydrogens is 468 g/mol. The number of rotatable bonds is 4. The second kappa shape index (κ2) is 8.03. The summed E-state index contributed by atoms with van der Waals surface area (Å²) in [5.41, 5.74) is -5.24. The number of aliphatic hydroxyl groups is 1. The minimum Gasteiger partial charge on any atom is -0.458 e. The van der Waals surface area contributed by atoms with Crippen LogP contribution in [0.4, 0.5) is 8.78 Å². The molecule has 0 bridgehead atoms. The lowest BCUT2D eigenvalue weighted by Crippen LogP contribution is -2.69. The first-order chi connectivity index (χ1) is 16.7. The van der Waals surface area contributed by atoms with Crippen LogP contribution in [-0.2, 0) is 19.1 Å². The number of likely N-dealkylation sites (tertiary alicyclic amines) is 1. The number of ketones is 2. The lowest BCUT2D eigenvalue weighted by Gasteiger charge is -2.63. The van der Waals surface area contributed by atoms with E-state index in [9.17, 15) is 19.5 Å². The van der Waals surface area contributed by atoms with Gasteiger partial charge >= 0.3 is 5.97 Å². The van der Waals surface area contributed by atoms with Gasteiger partial charge in [-0.1, -0.05) is 13.0 Å². The van der Waals surface area contributed by atoms with E-state index in [0.717, 1.165) is 0 Å². The second-order valence-electron chi connectivity index (χ2n) is 12.5. The Balaban J connectivity index is 1.61. The summed E-state index contributed by atoms with van der Waals surface area (Å²) in [6, 6.07) is 0.186. The number of nitrogens with zero attached hydrogens (tertiary/aromatic N) is 1. The average molecular weight is 506 g/mol. The lowest BCUT2D eigenvalue weighted by atomic mass is 9.43. The molecule has 5 aliphatic rings. The van der Waals surface area contributed by atoms with E-state index in [-0.39, 0.29) is 54.5 Å². The maximum atomic E-state index is 17.4. The van der Waals surface area contributed by atoms with Crippen molar-refractivity contribution in [3.63, 3.8) is 0 Å². The summed E-state index contributed by atoms with van der Waals surface area (Å²) in [6.45, 7) is 9.66. The fraction of sp³-hybridized carbons (Fsp3) is 0.750. The first-order valence-electron chi connectivity index (χ1n) is 13.1. The van der Waals surface area contributed by atoms with Crippen LogP contribution in [0.1, 0.15) is 53.9 Å².